The first-order chi connectivity index (χ1) is 15.2. The molecule has 1 heterocycles. The minimum atomic E-state index is 0.394. The summed E-state index contributed by atoms with van der Waals surface area (Å²) in [7, 11) is 0. The minimum Gasteiger partial charge on any atom is -0.309 e. The lowest BCUT2D eigenvalue weighted by Gasteiger charge is -2.13. The van der Waals surface area contributed by atoms with Gasteiger partial charge >= 0.3 is 0 Å². The van der Waals surface area contributed by atoms with Crippen molar-refractivity contribution in [2.45, 2.75) is 45.8 Å². The molecular weight excluding hydrogens is 380 g/mol. The highest BCUT2D eigenvalue weighted by Gasteiger charge is 2.15. The van der Waals surface area contributed by atoms with E-state index in [1.165, 1.54) is 16.7 Å². The summed E-state index contributed by atoms with van der Waals surface area (Å²) >= 11 is 0. The van der Waals surface area contributed by atoms with Crippen molar-refractivity contribution in [1.82, 2.24) is 20.3 Å². The van der Waals surface area contributed by atoms with Gasteiger partial charge in [-0.2, -0.15) is 15.0 Å². The summed E-state index contributed by atoms with van der Waals surface area (Å²) in [5.74, 6) is 0. The topological polar surface area (TPSA) is 42.7 Å². The Morgan fingerprint density at radius 2 is 1.52 bits per heavy atom. The van der Waals surface area contributed by atoms with Gasteiger partial charge in [0, 0.05) is 18.2 Å². The highest BCUT2D eigenvalue weighted by atomic mass is 15.5. The molecule has 1 aromatic heterocycles. The molecule has 3 aromatic carbocycles. The maximum atomic E-state index is 4.86. The van der Waals surface area contributed by atoms with Crippen LogP contribution in [0.5, 0.6) is 0 Å². The van der Waals surface area contributed by atoms with E-state index in [1.54, 1.807) is 0 Å². The second-order valence-electron chi connectivity index (χ2n) is 8.12. The number of aromatic nitrogens is 3. The molecule has 0 amide bonds. The molecule has 4 aromatic rings. The van der Waals surface area contributed by atoms with Crippen molar-refractivity contribution in [3.05, 3.63) is 107 Å². The van der Waals surface area contributed by atoms with Gasteiger partial charge in [0.15, 0.2) is 0 Å². The highest BCUT2D eigenvalue weighted by molar-refractivity contribution is 5.60. The van der Waals surface area contributed by atoms with Crippen LogP contribution in [0.15, 0.2) is 84.9 Å². The van der Waals surface area contributed by atoms with Gasteiger partial charge in [0.05, 0.1) is 6.54 Å². The van der Waals surface area contributed by atoms with E-state index in [0.717, 1.165) is 29.8 Å². The van der Waals surface area contributed by atoms with E-state index >= 15 is 0 Å². The quantitative estimate of drug-likeness (QED) is 0.401. The Hall–Kier alpha value is -3.24. The molecule has 4 nitrogen and oxygen atoms in total. The Morgan fingerprint density at radius 3 is 2.26 bits per heavy atom. The summed E-state index contributed by atoms with van der Waals surface area (Å²) < 4.78 is 0. The standard InChI is InChI=1S/C27H30N4/c1-21-11-9-10-16-25(21)20-31-29-26(27(30-31)24-14-7-4-8-15-24)19-28-22(2)17-18-23-12-5-3-6-13-23/h3-16,22,28H,17-20H2,1-2H3/t22-/m1/s1. The zero-order valence-corrected chi connectivity index (χ0v) is 18.3. The van der Waals surface area contributed by atoms with Crippen molar-refractivity contribution < 1.29 is 0 Å². The first kappa shape index (κ1) is 21.0. The van der Waals surface area contributed by atoms with Crippen LogP contribution in [-0.4, -0.2) is 21.0 Å². The van der Waals surface area contributed by atoms with Crippen LogP contribution < -0.4 is 5.32 Å². The van der Waals surface area contributed by atoms with Gasteiger partial charge in [-0.25, -0.2) is 0 Å². The fourth-order valence-corrected chi connectivity index (χ4v) is 3.73. The zero-order valence-electron chi connectivity index (χ0n) is 18.3. The molecule has 0 bridgehead atoms. The Labute approximate surface area is 185 Å². The summed E-state index contributed by atoms with van der Waals surface area (Å²) in [4.78, 5) is 1.83. The Balaban J connectivity index is 1.47. The van der Waals surface area contributed by atoms with Crippen molar-refractivity contribution in [2.75, 3.05) is 0 Å². The third kappa shape index (κ3) is 5.68. The number of nitrogens with zero attached hydrogens (tertiary/aromatic N) is 3. The summed E-state index contributed by atoms with van der Waals surface area (Å²) in [5, 5.41) is 13.4. The fourth-order valence-electron chi connectivity index (χ4n) is 3.73. The summed E-state index contributed by atoms with van der Waals surface area (Å²) in [6.07, 6.45) is 2.16. The van der Waals surface area contributed by atoms with Crippen LogP contribution in [0.3, 0.4) is 0 Å². The van der Waals surface area contributed by atoms with Crippen LogP contribution in [0.2, 0.25) is 0 Å². The van der Waals surface area contributed by atoms with Crippen molar-refractivity contribution in [3.63, 3.8) is 0 Å². The lowest BCUT2D eigenvalue weighted by Crippen LogP contribution is -2.26. The number of aryl methyl sites for hydroxylation is 2. The predicted octanol–water partition coefficient (Wildman–Crippen LogP) is 5.41. The van der Waals surface area contributed by atoms with E-state index in [9.17, 15) is 0 Å². The van der Waals surface area contributed by atoms with Gasteiger partial charge < -0.3 is 5.32 Å². The number of hydrogen-bond donors (Lipinski definition) is 1. The molecule has 0 unspecified atom stereocenters. The lowest BCUT2D eigenvalue weighted by atomic mass is 10.1. The molecule has 31 heavy (non-hydrogen) atoms. The van der Waals surface area contributed by atoms with Crippen molar-refractivity contribution in [3.8, 4) is 11.3 Å². The van der Waals surface area contributed by atoms with Gasteiger partial charge in [-0.15, -0.1) is 0 Å². The Bertz CT molecular complexity index is 1090. The molecule has 0 aliphatic rings. The summed E-state index contributed by atoms with van der Waals surface area (Å²) in [6.45, 7) is 5.75. The van der Waals surface area contributed by atoms with Gasteiger partial charge in [0.25, 0.3) is 0 Å². The highest BCUT2D eigenvalue weighted by Crippen LogP contribution is 2.21. The van der Waals surface area contributed by atoms with E-state index in [2.05, 4.69) is 98.0 Å². The largest absolute Gasteiger partial charge is 0.309 e. The number of benzene rings is 3. The third-order valence-electron chi connectivity index (χ3n) is 5.67. The van der Waals surface area contributed by atoms with E-state index in [1.807, 2.05) is 10.9 Å². The second-order valence-corrected chi connectivity index (χ2v) is 8.12. The molecule has 0 aliphatic heterocycles. The molecule has 1 atom stereocenters. The molecule has 0 aliphatic carbocycles. The third-order valence-corrected chi connectivity index (χ3v) is 5.67. The lowest BCUT2D eigenvalue weighted by molar-refractivity contribution is 0.503. The van der Waals surface area contributed by atoms with Gasteiger partial charge in [0.2, 0.25) is 0 Å². The first-order valence-electron chi connectivity index (χ1n) is 11.0. The van der Waals surface area contributed by atoms with Crippen LogP contribution in [0.25, 0.3) is 11.3 Å². The fraction of sp³-hybridized carbons (Fsp3) is 0.259. The maximum Gasteiger partial charge on any atom is 0.117 e. The Kier molecular flexibility index (Phi) is 6.90. The average Bonchev–Trinajstić information content (AvgIpc) is 3.22. The van der Waals surface area contributed by atoms with Crippen molar-refractivity contribution in [1.29, 1.82) is 0 Å². The van der Waals surface area contributed by atoms with Gasteiger partial charge in [0.1, 0.15) is 11.4 Å². The number of rotatable bonds is 9. The van der Waals surface area contributed by atoms with Crippen molar-refractivity contribution >= 4 is 0 Å². The van der Waals surface area contributed by atoms with Crippen LogP contribution in [0.1, 0.15) is 35.7 Å². The minimum absolute atomic E-state index is 0.394. The maximum absolute atomic E-state index is 4.86. The van der Waals surface area contributed by atoms with E-state index < -0.39 is 0 Å². The molecule has 0 radical (unpaired) electrons. The molecule has 0 fully saturated rings. The smallest absolute Gasteiger partial charge is 0.117 e. The monoisotopic (exact) mass is 410 g/mol. The summed E-state index contributed by atoms with van der Waals surface area (Å²) in [5.41, 5.74) is 6.93. The van der Waals surface area contributed by atoms with Crippen molar-refractivity contribution in [2.24, 2.45) is 0 Å². The van der Waals surface area contributed by atoms with E-state index in [4.69, 9.17) is 10.2 Å². The normalized spacial score (nSPS) is 12.1. The number of hydrogen-bond acceptors (Lipinski definition) is 3. The van der Waals surface area contributed by atoms with Gasteiger partial charge in [-0.05, 0) is 43.4 Å². The van der Waals surface area contributed by atoms with Crippen LogP contribution >= 0.6 is 0 Å². The molecule has 1 N–H and O–H groups in total. The molecule has 158 valence electrons. The number of nitrogens with one attached hydrogen (secondary N) is 1. The van der Waals surface area contributed by atoms with Gasteiger partial charge in [-0.1, -0.05) is 84.9 Å². The molecule has 0 saturated heterocycles. The Morgan fingerprint density at radius 1 is 0.839 bits per heavy atom. The predicted molar refractivity (Wildman–Crippen MR) is 127 cm³/mol. The first-order valence-corrected chi connectivity index (χ1v) is 11.0. The van der Waals surface area contributed by atoms with E-state index in [-0.39, 0.29) is 0 Å². The average molecular weight is 411 g/mol. The zero-order chi connectivity index (χ0) is 21.5. The molecular formula is C27H30N4. The molecule has 0 spiro atoms. The molecule has 0 saturated carbocycles. The van der Waals surface area contributed by atoms with Crippen LogP contribution in [-0.2, 0) is 19.5 Å². The SMILES string of the molecule is Cc1ccccc1Cn1nc(CN[C@H](C)CCc2ccccc2)c(-c2ccccc2)n1. The van der Waals surface area contributed by atoms with Crippen LogP contribution in [0, 0.1) is 6.92 Å². The molecule has 4 rings (SSSR count). The van der Waals surface area contributed by atoms with Gasteiger partial charge in [-0.3, -0.25) is 0 Å². The van der Waals surface area contributed by atoms with Crippen LogP contribution in [0.4, 0.5) is 0 Å². The van der Waals surface area contributed by atoms with E-state index in [0.29, 0.717) is 19.1 Å². The second kappa shape index (κ2) is 10.2. The molecule has 4 heteroatoms. The summed E-state index contributed by atoms with van der Waals surface area (Å²) in [6, 6.07) is 29.8.